The lowest BCUT2D eigenvalue weighted by molar-refractivity contribution is 0.694. The summed E-state index contributed by atoms with van der Waals surface area (Å²) < 4.78 is 0. The van der Waals surface area contributed by atoms with E-state index < -0.39 is 0 Å². The molecule has 0 radical (unpaired) electrons. The number of nitriles is 1. The third-order valence-electron chi connectivity index (χ3n) is 2.33. The zero-order valence-corrected chi connectivity index (χ0v) is 9.36. The lowest BCUT2D eigenvalue weighted by atomic mass is 10.2. The van der Waals surface area contributed by atoms with E-state index in [1.54, 1.807) is 12.3 Å². The molecule has 1 aromatic heterocycles. The highest BCUT2D eigenvalue weighted by molar-refractivity contribution is 5.70. The normalized spacial score (nSPS) is 10.1. The molecule has 0 amide bonds. The molecule has 0 unspecified atom stereocenters. The molecule has 0 fully saturated rings. The predicted octanol–water partition coefficient (Wildman–Crippen LogP) is 1.77. The van der Waals surface area contributed by atoms with Gasteiger partial charge < -0.3 is 10.6 Å². The van der Waals surface area contributed by atoms with Gasteiger partial charge in [0.25, 0.3) is 0 Å². The first-order chi connectivity index (χ1) is 7.11. The highest BCUT2D eigenvalue weighted by Gasteiger charge is 2.14. The number of aromatic nitrogens is 1. The molecule has 1 aromatic rings. The van der Waals surface area contributed by atoms with E-state index in [1.807, 2.05) is 6.92 Å². The monoisotopic (exact) mass is 204 g/mol. The zero-order chi connectivity index (χ0) is 11.4. The fraction of sp³-hybridized carbons (Fsp3) is 0.455. The topological polar surface area (TPSA) is 65.9 Å². The lowest BCUT2D eigenvalue weighted by Gasteiger charge is -2.27. The lowest BCUT2D eigenvalue weighted by Crippen LogP contribution is -2.32. The van der Waals surface area contributed by atoms with E-state index in [9.17, 15) is 0 Å². The standard InChI is InChI=1S/C11H16N4/c1-4-15(8(2)3)11-10(13)9(7-12)5-6-14-11/h5-6,8H,4,13H2,1-3H3. The molecule has 0 saturated carbocycles. The van der Waals surface area contributed by atoms with Crippen LogP contribution in [0.3, 0.4) is 0 Å². The maximum absolute atomic E-state index is 8.86. The number of hydrogen-bond donors (Lipinski definition) is 1. The van der Waals surface area contributed by atoms with Gasteiger partial charge in [-0.3, -0.25) is 0 Å². The van der Waals surface area contributed by atoms with Crippen molar-refractivity contribution < 1.29 is 0 Å². The van der Waals surface area contributed by atoms with Crippen LogP contribution < -0.4 is 10.6 Å². The van der Waals surface area contributed by atoms with E-state index in [2.05, 4.69) is 29.8 Å². The predicted molar refractivity (Wildman–Crippen MR) is 61.5 cm³/mol. The van der Waals surface area contributed by atoms with Crippen molar-refractivity contribution in [1.29, 1.82) is 5.26 Å². The molecule has 0 saturated heterocycles. The number of rotatable bonds is 3. The van der Waals surface area contributed by atoms with E-state index in [4.69, 9.17) is 11.0 Å². The van der Waals surface area contributed by atoms with E-state index >= 15 is 0 Å². The van der Waals surface area contributed by atoms with Gasteiger partial charge in [-0.25, -0.2) is 4.98 Å². The van der Waals surface area contributed by atoms with Crippen LogP contribution >= 0.6 is 0 Å². The minimum absolute atomic E-state index is 0.318. The van der Waals surface area contributed by atoms with Gasteiger partial charge in [-0.05, 0) is 26.8 Å². The first-order valence-electron chi connectivity index (χ1n) is 5.03. The number of pyridine rings is 1. The van der Waals surface area contributed by atoms with Crippen molar-refractivity contribution in [3.8, 4) is 6.07 Å². The number of nitrogen functional groups attached to an aromatic ring is 1. The quantitative estimate of drug-likeness (QED) is 0.814. The molecule has 1 heterocycles. The summed E-state index contributed by atoms with van der Waals surface area (Å²) in [6, 6.07) is 4.01. The molecule has 0 aliphatic carbocycles. The van der Waals surface area contributed by atoms with Crippen molar-refractivity contribution in [2.24, 2.45) is 0 Å². The third-order valence-corrected chi connectivity index (χ3v) is 2.33. The summed E-state index contributed by atoms with van der Waals surface area (Å²) in [5.74, 6) is 0.701. The number of nitrogens with zero attached hydrogens (tertiary/aromatic N) is 3. The molecule has 80 valence electrons. The van der Waals surface area contributed by atoms with Crippen molar-refractivity contribution >= 4 is 11.5 Å². The molecule has 0 spiro atoms. The fourth-order valence-corrected chi connectivity index (χ4v) is 1.55. The number of hydrogen-bond acceptors (Lipinski definition) is 4. The van der Waals surface area contributed by atoms with Crippen molar-refractivity contribution in [2.45, 2.75) is 26.8 Å². The largest absolute Gasteiger partial charge is 0.395 e. The molecule has 4 heteroatoms. The Kier molecular flexibility index (Phi) is 3.51. The van der Waals surface area contributed by atoms with E-state index in [0.29, 0.717) is 23.1 Å². The Morgan fingerprint density at radius 1 is 1.60 bits per heavy atom. The third kappa shape index (κ3) is 2.18. The SMILES string of the molecule is CCN(c1nccc(C#N)c1N)C(C)C. The summed E-state index contributed by atoms with van der Waals surface area (Å²) in [5, 5.41) is 8.86. The van der Waals surface area contributed by atoms with Crippen LogP contribution in [-0.2, 0) is 0 Å². The Hall–Kier alpha value is -1.76. The molecule has 15 heavy (non-hydrogen) atoms. The second-order valence-electron chi connectivity index (χ2n) is 3.59. The maximum Gasteiger partial charge on any atom is 0.153 e. The molecule has 1 rings (SSSR count). The van der Waals surface area contributed by atoms with Gasteiger partial charge in [0, 0.05) is 18.8 Å². The van der Waals surface area contributed by atoms with Crippen LogP contribution in [0.25, 0.3) is 0 Å². The van der Waals surface area contributed by atoms with Gasteiger partial charge in [-0.2, -0.15) is 5.26 Å². The van der Waals surface area contributed by atoms with Crippen molar-refractivity contribution in [1.82, 2.24) is 4.98 Å². The second kappa shape index (κ2) is 4.65. The van der Waals surface area contributed by atoms with Crippen LogP contribution in [0.2, 0.25) is 0 Å². The van der Waals surface area contributed by atoms with Gasteiger partial charge in [0.05, 0.1) is 11.3 Å². The van der Waals surface area contributed by atoms with Crippen LogP contribution in [0.4, 0.5) is 11.5 Å². The fourth-order valence-electron chi connectivity index (χ4n) is 1.55. The van der Waals surface area contributed by atoms with Gasteiger partial charge in [0.2, 0.25) is 0 Å². The Morgan fingerprint density at radius 2 is 2.27 bits per heavy atom. The number of nitrogens with two attached hydrogens (primary N) is 1. The summed E-state index contributed by atoms with van der Waals surface area (Å²) in [5.41, 5.74) is 6.83. The zero-order valence-electron chi connectivity index (χ0n) is 9.36. The Labute approximate surface area is 90.3 Å². The van der Waals surface area contributed by atoms with Crippen molar-refractivity contribution in [2.75, 3.05) is 17.2 Å². The van der Waals surface area contributed by atoms with Gasteiger partial charge in [0.1, 0.15) is 6.07 Å². The average molecular weight is 204 g/mol. The Balaban J connectivity index is 3.20. The Bertz CT molecular complexity index is 379. The highest BCUT2D eigenvalue weighted by atomic mass is 15.2. The molecule has 4 nitrogen and oxygen atoms in total. The van der Waals surface area contributed by atoms with E-state index in [0.717, 1.165) is 6.54 Å². The summed E-state index contributed by atoms with van der Waals surface area (Å²) >= 11 is 0. The first-order valence-corrected chi connectivity index (χ1v) is 5.03. The smallest absolute Gasteiger partial charge is 0.153 e. The summed E-state index contributed by atoms with van der Waals surface area (Å²) in [6.07, 6.45) is 1.62. The summed E-state index contributed by atoms with van der Waals surface area (Å²) in [4.78, 5) is 6.29. The van der Waals surface area contributed by atoms with E-state index in [1.165, 1.54) is 0 Å². The van der Waals surface area contributed by atoms with Gasteiger partial charge in [0.15, 0.2) is 5.82 Å². The molecule has 0 aliphatic rings. The number of anilines is 2. The second-order valence-corrected chi connectivity index (χ2v) is 3.59. The van der Waals surface area contributed by atoms with Gasteiger partial charge >= 0.3 is 0 Å². The molecule has 0 atom stereocenters. The molecule has 0 bridgehead atoms. The van der Waals surface area contributed by atoms with Crippen molar-refractivity contribution in [3.05, 3.63) is 17.8 Å². The van der Waals surface area contributed by atoms with Gasteiger partial charge in [-0.1, -0.05) is 0 Å². The highest BCUT2D eigenvalue weighted by Crippen LogP contribution is 2.24. The minimum Gasteiger partial charge on any atom is -0.395 e. The minimum atomic E-state index is 0.318. The Morgan fingerprint density at radius 3 is 2.73 bits per heavy atom. The van der Waals surface area contributed by atoms with Crippen LogP contribution in [0.1, 0.15) is 26.3 Å². The molecule has 0 aromatic carbocycles. The summed E-state index contributed by atoms with van der Waals surface area (Å²) in [7, 11) is 0. The molecule has 2 N–H and O–H groups in total. The molecular weight excluding hydrogens is 188 g/mol. The van der Waals surface area contributed by atoms with Crippen LogP contribution in [0, 0.1) is 11.3 Å². The first kappa shape index (κ1) is 11.3. The molecule has 0 aliphatic heterocycles. The van der Waals surface area contributed by atoms with Crippen molar-refractivity contribution in [3.63, 3.8) is 0 Å². The molecular formula is C11H16N4. The van der Waals surface area contributed by atoms with Crippen LogP contribution in [0.15, 0.2) is 12.3 Å². The average Bonchev–Trinajstić information content (AvgIpc) is 2.21. The van der Waals surface area contributed by atoms with E-state index in [-0.39, 0.29) is 0 Å². The maximum atomic E-state index is 8.86. The van der Waals surface area contributed by atoms with Crippen LogP contribution in [0.5, 0.6) is 0 Å². The van der Waals surface area contributed by atoms with Gasteiger partial charge in [-0.15, -0.1) is 0 Å². The van der Waals surface area contributed by atoms with Crippen LogP contribution in [-0.4, -0.2) is 17.6 Å². The summed E-state index contributed by atoms with van der Waals surface area (Å²) in [6.45, 7) is 7.01.